The second kappa shape index (κ2) is 5.74. The lowest BCUT2D eigenvalue weighted by Gasteiger charge is -2.24. The average Bonchev–Trinajstić information content (AvgIpc) is 2.89. The topological polar surface area (TPSA) is 46.6 Å². The zero-order valence-corrected chi connectivity index (χ0v) is 13.5. The molecule has 5 heteroatoms. The molecule has 112 valence electrons. The molecule has 1 aliphatic rings. The first-order chi connectivity index (χ1) is 9.41. The van der Waals surface area contributed by atoms with Gasteiger partial charge < -0.3 is 4.74 Å². The van der Waals surface area contributed by atoms with E-state index in [1.165, 1.54) is 0 Å². The van der Waals surface area contributed by atoms with Crippen LogP contribution in [0.15, 0.2) is 17.0 Å². The fourth-order valence-electron chi connectivity index (χ4n) is 2.92. The van der Waals surface area contributed by atoms with E-state index in [1.54, 1.807) is 23.5 Å². The van der Waals surface area contributed by atoms with Gasteiger partial charge in [0.25, 0.3) is 0 Å². The average molecular weight is 297 g/mol. The van der Waals surface area contributed by atoms with E-state index in [0.29, 0.717) is 11.4 Å². The highest BCUT2D eigenvalue weighted by Crippen LogP contribution is 2.32. The maximum atomic E-state index is 12.9. The zero-order valence-electron chi connectivity index (χ0n) is 12.6. The van der Waals surface area contributed by atoms with Crippen LogP contribution in [0.4, 0.5) is 0 Å². The van der Waals surface area contributed by atoms with Gasteiger partial charge in [0.15, 0.2) is 0 Å². The Kier molecular flexibility index (Phi) is 4.39. The summed E-state index contributed by atoms with van der Waals surface area (Å²) in [7, 11) is -1.80. The molecule has 20 heavy (non-hydrogen) atoms. The third kappa shape index (κ3) is 2.56. The van der Waals surface area contributed by atoms with Crippen molar-refractivity contribution in [3.05, 3.63) is 23.3 Å². The van der Waals surface area contributed by atoms with Crippen LogP contribution in [0, 0.1) is 13.8 Å². The highest BCUT2D eigenvalue weighted by atomic mass is 32.2. The highest BCUT2D eigenvalue weighted by Gasteiger charge is 2.35. The van der Waals surface area contributed by atoms with E-state index >= 15 is 0 Å². The SMILES string of the molecule is CCC1CCCN1S(=O)(=O)c1cc(C)c(OC)cc1C. The predicted octanol–water partition coefficient (Wildman–Crippen LogP) is 2.88. The summed E-state index contributed by atoms with van der Waals surface area (Å²) < 4.78 is 32.6. The lowest BCUT2D eigenvalue weighted by Crippen LogP contribution is -2.35. The number of ether oxygens (including phenoxy) is 1. The summed E-state index contributed by atoms with van der Waals surface area (Å²) in [6, 6.07) is 3.68. The molecule has 0 saturated carbocycles. The second-order valence-corrected chi connectivity index (χ2v) is 7.27. The fourth-order valence-corrected chi connectivity index (χ4v) is 4.98. The molecule has 1 unspecified atom stereocenters. The second-order valence-electron chi connectivity index (χ2n) is 5.41. The monoisotopic (exact) mass is 297 g/mol. The summed E-state index contributed by atoms with van der Waals surface area (Å²) in [6.07, 6.45) is 2.78. The Morgan fingerprint density at radius 2 is 2.00 bits per heavy atom. The summed E-state index contributed by atoms with van der Waals surface area (Å²) in [5.41, 5.74) is 1.60. The Hall–Kier alpha value is -1.07. The first-order valence-electron chi connectivity index (χ1n) is 7.09. The molecule has 1 aromatic rings. The molecule has 1 atom stereocenters. The van der Waals surface area contributed by atoms with E-state index < -0.39 is 10.0 Å². The molecule has 0 N–H and O–H groups in total. The van der Waals surface area contributed by atoms with Crippen LogP contribution in [0.5, 0.6) is 5.75 Å². The summed E-state index contributed by atoms with van der Waals surface area (Å²) in [5.74, 6) is 0.731. The van der Waals surface area contributed by atoms with Crippen LogP contribution in [-0.4, -0.2) is 32.4 Å². The number of rotatable bonds is 4. The molecule has 2 rings (SSSR count). The normalized spacial score (nSPS) is 20.3. The molecule has 0 radical (unpaired) electrons. The molecule has 4 nitrogen and oxygen atoms in total. The predicted molar refractivity (Wildman–Crippen MR) is 79.7 cm³/mol. The van der Waals surface area contributed by atoms with Gasteiger partial charge in [0.05, 0.1) is 12.0 Å². The Morgan fingerprint density at radius 1 is 1.30 bits per heavy atom. The molecule has 0 amide bonds. The van der Waals surface area contributed by atoms with Gasteiger partial charge in [-0.15, -0.1) is 0 Å². The van der Waals surface area contributed by atoms with Crippen molar-refractivity contribution >= 4 is 10.0 Å². The fraction of sp³-hybridized carbons (Fsp3) is 0.600. The first-order valence-corrected chi connectivity index (χ1v) is 8.53. The number of nitrogens with zero attached hydrogens (tertiary/aromatic N) is 1. The summed E-state index contributed by atoms with van der Waals surface area (Å²) in [6.45, 7) is 6.38. The van der Waals surface area contributed by atoms with Crippen LogP contribution in [0.3, 0.4) is 0 Å². The Bertz CT molecular complexity index is 595. The van der Waals surface area contributed by atoms with Gasteiger partial charge >= 0.3 is 0 Å². The lowest BCUT2D eigenvalue weighted by atomic mass is 10.1. The molecule has 1 saturated heterocycles. The van der Waals surface area contributed by atoms with Crippen molar-refractivity contribution in [2.75, 3.05) is 13.7 Å². The van der Waals surface area contributed by atoms with Crippen molar-refractivity contribution in [3.63, 3.8) is 0 Å². The van der Waals surface area contributed by atoms with Crippen LogP contribution in [0.1, 0.15) is 37.3 Å². The number of methoxy groups -OCH3 is 1. The molecular formula is C15H23NO3S. The van der Waals surface area contributed by atoms with E-state index in [1.807, 2.05) is 20.8 Å². The Labute approximate surface area is 121 Å². The quantitative estimate of drug-likeness (QED) is 0.858. The maximum absolute atomic E-state index is 12.9. The molecule has 0 aromatic heterocycles. The third-order valence-corrected chi connectivity index (χ3v) is 6.17. The number of aryl methyl sites for hydroxylation is 2. The molecule has 1 aliphatic heterocycles. The van der Waals surface area contributed by atoms with Gasteiger partial charge in [0, 0.05) is 12.6 Å². The standard InChI is InChI=1S/C15H23NO3S/c1-5-13-7-6-8-16(13)20(17,18)15-10-11(2)14(19-4)9-12(15)3/h9-10,13H,5-8H2,1-4H3. The molecular weight excluding hydrogens is 274 g/mol. The van der Waals surface area contributed by atoms with Crippen molar-refractivity contribution in [3.8, 4) is 5.75 Å². The third-order valence-electron chi connectivity index (χ3n) is 4.07. The Balaban J connectivity index is 2.47. The van der Waals surface area contributed by atoms with Crippen LogP contribution in [-0.2, 0) is 10.0 Å². The van der Waals surface area contributed by atoms with E-state index in [0.717, 1.165) is 36.1 Å². The number of sulfonamides is 1. The molecule has 1 fully saturated rings. The van der Waals surface area contributed by atoms with E-state index in [9.17, 15) is 8.42 Å². The van der Waals surface area contributed by atoms with Crippen molar-refractivity contribution < 1.29 is 13.2 Å². The number of benzene rings is 1. The van der Waals surface area contributed by atoms with Gasteiger partial charge in [-0.25, -0.2) is 8.42 Å². The van der Waals surface area contributed by atoms with Crippen molar-refractivity contribution in [2.45, 2.75) is 51.0 Å². The largest absolute Gasteiger partial charge is 0.496 e. The lowest BCUT2D eigenvalue weighted by molar-refractivity contribution is 0.379. The van der Waals surface area contributed by atoms with Crippen LogP contribution < -0.4 is 4.74 Å². The van der Waals surface area contributed by atoms with E-state index in [2.05, 4.69) is 0 Å². The van der Waals surface area contributed by atoms with Crippen molar-refractivity contribution in [2.24, 2.45) is 0 Å². The minimum atomic E-state index is -3.40. The maximum Gasteiger partial charge on any atom is 0.243 e. The molecule has 1 aromatic carbocycles. The highest BCUT2D eigenvalue weighted by molar-refractivity contribution is 7.89. The summed E-state index contributed by atoms with van der Waals surface area (Å²) in [4.78, 5) is 0.413. The summed E-state index contributed by atoms with van der Waals surface area (Å²) >= 11 is 0. The minimum Gasteiger partial charge on any atom is -0.496 e. The first kappa shape index (κ1) is 15.3. The molecule has 0 spiro atoms. The minimum absolute atomic E-state index is 0.141. The molecule has 1 heterocycles. The van der Waals surface area contributed by atoms with Gasteiger partial charge in [0.1, 0.15) is 5.75 Å². The zero-order chi connectivity index (χ0) is 14.9. The van der Waals surface area contributed by atoms with Crippen molar-refractivity contribution in [1.82, 2.24) is 4.31 Å². The van der Waals surface area contributed by atoms with E-state index in [4.69, 9.17) is 4.74 Å². The van der Waals surface area contributed by atoms with Crippen molar-refractivity contribution in [1.29, 1.82) is 0 Å². The van der Waals surface area contributed by atoms with Gasteiger partial charge in [-0.05, 0) is 56.4 Å². The van der Waals surface area contributed by atoms with E-state index in [-0.39, 0.29) is 6.04 Å². The molecule has 0 aliphatic carbocycles. The summed E-state index contributed by atoms with van der Waals surface area (Å²) in [5, 5.41) is 0. The van der Waals surface area contributed by atoms with Crippen LogP contribution >= 0.6 is 0 Å². The van der Waals surface area contributed by atoms with Gasteiger partial charge in [0.2, 0.25) is 10.0 Å². The Morgan fingerprint density at radius 3 is 2.60 bits per heavy atom. The number of hydrogen-bond acceptors (Lipinski definition) is 3. The van der Waals surface area contributed by atoms with Gasteiger partial charge in [-0.1, -0.05) is 6.92 Å². The van der Waals surface area contributed by atoms with Gasteiger partial charge in [-0.2, -0.15) is 4.31 Å². The van der Waals surface area contributed by atoms with Crippen LogP contribution in [0.25, 0.3) is 0 Å². The molecule has 0 bridgehead atoms. The van der Waals surface area contributed by atoms with Crippen LogP contribution in [0.2, 0.25) is 0 Å². The number of hydrogen-bond donors (Lipinski definition) is 0. The smallest absolute Gasteiger partial charge is 0.243 e. The van der Waals surface area contributed by atoms with Gasteiger partial charge in [-0.3, -0.25) is 0 Å².